The number of sulfonamides is 1. The molecule has 2 heterocycles. The maximum absolute atomic E-state index is 13.0. The molecule has 1 aliphatic rings. The van der Waals surface area contributed by atoms with Crippen LogP contribution in [0.15, 0.2) is 33.6 Å². The Bertz CT molecular complexity index is 897. The van der Waals surface area contributed by atoms with E-state index in [0.717, 1.165) is 22.8 Å². The first-order valence-electron chi connectivity index (χ1n) is 7.96. The molecule has 0 amide bonds. The molecule has 0 radical (unpaired) electrons. The van der Waals surface area contributed by atoms with E-state index in [1.165, 1.54) is 4.31 Å². The molecule has 0 saturated carbocycles. The second-order valence-corrected chi connectivity index (χ2v) is 10.5. The molecular weight excluding hydrogens is 483 g/mol. The fourth-order valence-corrected chi connectivity index (χ4v) is 7.76. The van der Waals surface area contributed by atoms with Crippen molar-refractivity contribution in [3.8, 4) is 5.75 Å². The summed E-state index contributed by atoms with van der Waals surface area (Å²) in [6, 6.07) is 7.79. The number of ether oxygens (including phenoxy) is 1. The van der Waals surface area contributed by atoms with Gasteiger partial charge in [-0.3, -0.25) is 0 Å². The summed E-state index contributed by atoms with van der Waals surface area (Å²) in [5.74, 6) is 0.807. The molecular formula is C16H17BrCl2N2O3S2. The van der Waals surface area contributed by atoms with Crippen molar-refractivity contribution in [1.29, 1.82) is 0 Å². The van der Waals surface area contributed by atoms with Crippen molar-refractivity contribution in [3.63, 3.8) is 0 Å². The molecule has 0 spiro atoms. The van der Waals surface area contributed by atoms with E-state index in [9.17, 15) is 8.42 Å². The molecule has 5 nitrogen and oxygen atoms in total. The number of piperazine rings is 1. The molecule has 1 fully saturated rings. The number of para-hydroxylation sites is 2. The van der Waals surface area contributed by atoms with E-state index in [1.807, 2.05) is 31.2 Å². The van der Waals surface area contributed by atoms with Crippen molar-refractivity contribution >= 4 is 66.2 Å². The Hall–Kier alpha value is -0.510. The number of anilines is 1. The highest BCUT2D eigenvalue weighted by molar-refractivity contribution is 9.10. The van der Waals surface area contributed by atoms with Crippen LogP contribution in [0.25, 0.3) is 0 Å². The molecule has 3 rings (SSSR count). The average molecular weight is 500 g/mol. The summed E-state index contributed by atoms with van der Waals surface area (Å²) in [6.45, 7) is 4.37. The van der Waals surface area contributed by atoms with Crippen LogP contribution in [0.3, 0.4) is 0 Å². The molecule has 0 atom stereocenters. The third-order valence-corrected chi connectivity index (χ3v) is 9.44. The summed E-state index contributed by atoms with van der Waals surface area (Å²) in [7, 11) is -3.71. The van der Waals surface area contributed by atoms with Gasteiger partial charge in [0.1, 0.15) is 19.3 Å². The molecule has 26 heavy (non-hydrogen) atoms. The maximum Gasteiger partial charge on any atom is 0.246 e. The monoisotopic (exact) mass is 498 g/mol. The van der Waals surface area contributed by atoms with Gasteiger partial charge in [-0.1, -0.05) is 35.3 Å². The first-order valence-corrected chi connectivity index (χ1v) is 11.8. The summed E-state index contributed by atoms with van der Waals surface area (Å²) < 4.78 is 33.9. The summed E-state index contributed by atoms with van der Waals surface area (Å²) in [6.07, 6.45) is 0. The highest BCUT2D eigenvalue weighted by atomic mass is 79.9. The zero-order chi connectivity index (χ0) is 18.9. The minimum absolute atomic E-state index is 0.0531. The smallest absolute Gasteiger partial charge is 0.246 e. The van der Waals surface area contributed by atoms with Gasteiger partial charge in [0.15, 0.2) is 0 Å². The first kappa shape index (κ1) is 20.2. The van der Waals surface area contributed by atoms with Gasteiger partial charge < -0.3 is 9.64 Å². The Balaban J connectivity index is 1.78. The van der Waals surface area contributed by atoms with E-state index in [2.05, 4.69) is 20.8 Å². The summed E-state index contributed by atoms with van der Waals surface area (Å²) in [5, 5.41) is 0. The van der Waals surface area contributed by atoms with Gasteiger partial charge in [-0.2, -0.15) is 4.31 Å². The van der Waals surface area contributed by atoms with Gasteiger partial charge in [-0.15, -0.1) is 11.3 Å². The van der Waals surface area contributed by atoms with Gasteiger partial charge >= 0.3 is 0 Å². The molecule has 1 aromatic carbocycles. The Morgan fingerprint density at radius 1 is 1.15 bits per heavy atom. The van der Waals surface area contributed by atoms with Crippen LogP contribution < -0.4 is 9.64 Å². The minimum atomic E-state index is -3.71. The van der Waals surface area contributed by atoms with Crippen LogP contribution in [0.4, 0.5) is 5.69 Å². The average Bonchev–Trinajstić information content (AvgIpc) is 2.88. The van der Waals surface area contributed by atoms with E-state index in [1.54, 1.807) is 0 Å². The highest BCUT2D eigenvalue weighted by Crippen LogP contribution is 2.44. The van der Waals surface area contributed by atoms with Crippen LogP contribution in [0.1, 0.15) is 6.92 Å². The lowest BCUT2D eigenvalue weighted by molar-refractivity contribution is 0.337. The number of hydrogen-bond donors (Lipinski definition) is 0. The molecule has 1 aliphatic heterocycles. The third kappa shape index (κ3) is 3.86. The van der Waals surface area contributed by atoms with Gasteiger partial charge in [0.25, 0.3) is 0 Å². The van der Waals surface area contributed by atoms with Crippen LogP contribution in [0.2, 0.25) is 8.67 Å². The lowest BCUT2D eigenvalue weighted by Crippen LogP contribution is -2.48. The molecule has 0 aliphatic carbocycles. The largest absolute Gasteiger partial charge is 0.492 e. The molecule has 10 heteroatoms. The maximum atomic E-state index is 13.0. The Kier molecular flexibility index (Phi) is 6.41. The lowest BCUT2D eigenvalue weighted by atomic mass is 10.2. The molecule has 142 valence electrons. The SMILES string of the molecule is CCOc1ccccc1N1CCN(S(=O)(=O)c2c(Cl)sc(Cl)c2Br)CC1. The van der Waals surface area contributed by atoms with Crippen molar-refractivity contribution in [2.45, 2.75) is 11.8 Å². The van der Waals surface area contributed by atoms with Crippen LogP contribution in [0, 0.1) is 0 Å². The fourth-order valence-electron chi connectivity index (χ4n) is 2.85. The van der Waals surface area contributed by atoms with Crippen LogP contribution in [0.5, 0.6) is 5.75 Å². The number of halogens is 3. The Morgan fingerprint density at radius 2 is 1.81 bits per heavy atom. The normalized spacial score (nSPS) is 16.1. The number of benzene rings is 1. The highest BCUT2D eigenvalue weighted by Gasteiger charge is 2.34. The van der Waals surface area contributed by atoms with E-state index >= 15 is 0 Å². The molecule has 1 saturated heterocycles. The molecule has 2 aromatic rings. The quantitative estimate of drug-likeness (QED) is 0.596. The van der Waals surface area contributed by atoms with Crippen molar-refractivity contribution in [3.05, 3.63) is 37.4 Å². The first-order chi connectivity index (χ1) is 12.4. The van der Waals surface area contributed by atoms with Gasteiger partial charge in [0.05, 0.1) is 16.8 Å². The summed E-state index contributed by atoms with van der Waals surface area (Å²) >= 11 is 16.4. The van der Waals surface area contributed by atoms with Crippen molar-refractivity contribution < 1.29 is 13.2 Å². The minimum Gasteiger partial charge on any atom is -0.492 e. The van der Waals surface area contributed by atoms with Crippen LogP contribution in [-0.4, -0.2) is 45.5 Å². The molecule has 0 bridgehead atoms. The lowest BCUT2D eigenvalue weighted by Gasteiger charge is -2.36. The van der Waals surface area contributed by atoms with E-state index in [4.69, 9.17) is 27.9 Å². The Morgan fingerprint density at radius 3 is 2.38 bits per heavy atom. The van der Waals surface area contributed by atoms with Gasteiger partial charge in [-0.25, -0.2) is 8.42 Å². The van der Waals surface area contributed by atoms with E-state index in [0.29, 0.717) is 41.6 Å². The standard InChI is InChI=1S/C16H17BrCl2N2O3S2/c1-2-24-12-6-4-3-5-11(12)20-7-9-21(10-8-20)26(22,23)14-13(17)15(18)25-16(14)19/h3-6H,2,7-10H2,1H3. The van der Waals surface area contributed by atoms with E-state index < -0.39 is 10.0 Å². The summed E-state index contributed by atoms with van der Waals surface area (Å²) in [4.78, 5) is 2.19. The van der Waals surface area contributed by atoms with Gasteiger partial charge in [-0.05, 0) is 35.0 Å². The predicted molar refractivity (Wildman–Crippen MR) is 111 cm³/mol. The van der Waals surface area contributed by atoms with Crippen molar-refractivity contribution in [2.24, 2.45) is 0 Å². The third-order valence-electron chi connectivity index (χ3n) is 4.07. The molecule has 0 unspecified atom stereocenters. The fraction of sp³-hybridized carbons (Fsp3) is 0.375. The van der Waals surface area contributed by atoms with Crippen LogP contribution >= 0.6 is 50.5 Å². The zero-order valence-electron chi connectivity index (χ0n) is 13.9. The zero-order valence-corrected chi connectivity index (χ0v) is 18.6. The van der Waals surface area contributed by atoms with E-state index in [-0.39, 0.29) is 9.23 Å². The number of thiophene rings is 1. The summed E-state index contributed by atoms with van der Waals surface area (Å²) in [5.41, 5.74) is 0.976. The second-order valence-electron chi connectivity index (χ2n) is 5.58. The second kappa shape index (κ2) is 8.24. The number of hydrogen-bond acceptors (Lipinski definition) is 5. The van der Waals surface area contributed by atoms with Gasteiger partial charge in [0, 0.05) is 26.2 Å². The Labute approximate surface area is 175 Å². The van der Waals surface area contributed by atoms with Crippen molar-refractivity contribution in [1.82, 2.24) is 4.31 Å². The topological polar surface area (TPSA) is 49.9 Å². The predicted octanol–water partition coefficient (Wildman–Crippen LogP) is 4.73. The molecule has 1 aromatic heterocycles. The molecule has 0 N–H and O–H groups in total. The number of rotatable bonds is 5. The van der Waals surface area contributed by atoms with Gasteiger partial charge in [0.2, 0.25) is 10.0 Å². The number of nitrogens with zero attached hydrogens (tertiary/aromatic N) is 2. The van der Waals surface area contributed by atoms with Crippen molar-refractivity contribution in [2.75, 3.05) is 37.7 Å². The van der Waals surface area contributed by atoms with Crippen LogP contribution in [-0.2, 0) is 10.0 Å².